The Hall–Kier alpha value is -3.04. The molecule has 0 spiro atoms. The zero-order valence-corrected chi connectivity index (χ0v) is 22.7. The average molecular weight is 516 g/mol. The monoisotopic (exact) mass is 515 g/mol. The maximum atomic E-state index is 13.7. The molecule has 3 N–H and O–H groups in total. The Morgan fingerprint density at radius 3 is 2.28 bits per heavy atom. The Balaban J connectivity index is 2.49. The number of alkyl carbamates (subject to hydrolysis) is 1. The molecule has 0 aliphatic carbocycles. The first-order valence-electron chi connectivity index (χ1n) is 11.8. The molecule has 0 heterocycles. The fourth-order valence-electron chi connectivity index (χ4n) is 3.81. The molecule has 8 nitrogen and oxygen atoms in total. The number of benzene rings is 2. The first-order chi connectivity index (χ1) is 16.9. The highest BCUT2D eigenvalue weighted by atomic mass is 32.1. The van der Waals surface area contributed by atoms with Crippen molar-refractivity contribution in [3.05, 3.63) is 64.7 Å². The van der Waals surface area contributed by atoms with E-state index in [0.29, 0.717) is 11.3 Å². The Kier molecular flexibility index (Phi) is 10.4. The molecule has 3 amide bonds. The topological polar surface area (TPSA) is 108 Å². The summed E-state index contributed by atoms with van der Waals surface area (Å²) in [6.07, 6.45) is -0.772. The molecule has 2 unspecified atom stereocenters. The average Bonchev–Trinajstić information content (AvgIpc) is 2.78. The summed E-state index contributed by atoms with van der Waals surface area (Å²) in [6, 6.07) is 10.8. The van der Waals surface area contributed by atoms with E-state index in [1.807, 2.05) is 51.1 Å². The molecule has 0 radical (unpaired) electrons. The van der Waals surface area contributed by atoms with Gasteiger partial charge in [-0.05, 0) is 64.3 Å². The fraction of sp³-hybridized carbons (Fsp3) is 0.444. The van der Waals surface area contributed by atoms with Crippen molar-refractivity contribution >= 4 is 36.2 Å². The molecule has 0 aromatic heterocycles. The minimum absolute atomic E-state index is 0.0288. The molecule has 9 heteroatoms. The minimum atomic E-state index is -1.07. The van der Waals surface area contributed by atoms with Crippen molar-refractivity contribution < 1.29 is 24.2 Å². The van der Waals surface area contributed by atoms with Crippen LogP contribution in [-0.2, 0) is 14.3 Å². The van der Waals surface area contributed by atoms with Crippen molar-refractivity contribution in [2.45, 2.75) is 59.2 Å². The number of amides is 3. The van der Waals surface area contributed by atoms with Crippen molar-refractivity contribution in [2.24, 2.45) is 0 Å². The third-order valence-electron chi connectivity index (χ3n) is 5.48. The van der Waals surface area contributed by atoms with Gasteiger partial charge in [0, 0.05) is 18.0 Å². The number of rotatable bonds is 9. The number of aliphatic hydroxyl groups excluding tert-OH is 1. The second-order valence-corrected chi connectivity index (χ2v) is 10.1. The van der Waals surface area contributed by atoms with Crippen LogP contribution in [0.25, 0.3) is 0 Å². The molecular formula is C27H37N3O5S. The number of nitrogens with zero attached hydrogens (tertiary/aromatic N) is 1. The Bertz CT molecular complexity index is 1080. The summed E-state index contributed by atoms with van der Waals surface area (Å²) in [5.41, 5.74) is 3.17. The normalized spacial score (nSPS) is 12.9. The van der Waals surface area contributed by atoms with Crippen LogP contribution < -0.4 is 10.6 Å². The van der Waals surface area contributed by atoms with Crippen LogP contribution in [0.3, 0.4) is 0 Å². The highest BCUT2D eigenvalue weighted by molar-refractivity contribution is 7.80. The number of aliphatic hydroxyl groups is 1. The van der Waals surface area contributed by atoms with Gasteiger partial charge in [0.2, 0.25) is 5.91 Å². The lowest BCUT2D eigenvalue weighted by molar-refractivity contribution is -0.140. The maximum absolute atomic E-state index is 13.7. The summed E-state index contributed by atoms with van der Waals surface area (Å²) in [5, 5.41) is 15.3. The van der Waals surface area contributed by atoms with E-state index in [4.69, 9.17) is 4.74 Å². The minimum Gasteiger partial charge on any atom is -0.444 e. The first-order valence-corrected chi connectivity index (χ1v) is 12.5. The number of hydrogen-bond acceptors (Lipinski definition) is 6. The molecule has 2 atom stereocenters. The van der Waals surface area contributed by atoms with Crippen LogP contribution in [0.4, 0.5) is 10.5 Å². The quantitative estimate of drug-likeness (QED) is 0.379. The summed E-state index contributed by atoms with van der Waals surface area (Å²) in [4.78, 5) is 41.1. The van der Waals surface area contributed by atoms with Gasteiger partial charge in [-0.2, -0.15) is 12.6 Å². The molecule has 196 valence electrons. The number of thiol groups is 1. The van der Waals surface area contributed by atoms with E-state index in [-0.39, 0.29) is 18.9 Å². The van der Waals surface area contributed by atoms with Gasteiger partial charge >= 0.3 is 6.09 Å². The summed E-state index contributed by atoms with van der Waals surface area (Å²) in [7, 11) is 0. The van der Waals surface area contributed by atoms with Crippen LogP contribution in [-0.4, -0.2) is 58.5 Å². The predicted octanol–water partition coefficient (Wildman–Crippen LogP) is 3.94. The fourth-order valence-corrected chi connectivity index (χ4v) is 4.05. The van der Waals surface area contributed by atoms with Crippen molar-refractivity contribution in [3.8, 4) is 0 Å². The van der Waals surface area contributed by atoms with Crippen LogP contribution >= 0.6 is 12.6 Å². The summed E-state index contributed by atoms with van der Waals surface area (Å²) < 4.78 is 5.29. The third kappa shape index (κ3) is 7.99. The van der Waals surface area contributed by atoms with Crippen LogP contribution in [0, 0.1) is 20.8 Å². The Morgan fingerprint density at radius 2 is 1.72 bits per heavy atom. The number of carbonyl (C=O) groups excluding carboxylic acids is 3. The van der Waals surface area contributed by atoms with Crippen molar-refractivity contribution in [1.29, 1.82) is 0 Å². The molecule has 0 aliphatic heterocycles. The molecule has 0 bridgehead atoms. The second kappa shape index (κ2) is 12.8. The van der Waals surface area contributed by atoms with Crippen LogP contribution in [0.1, 0.15) is 49.1 Å². The number of anilines is 1. The van der Waals surface area contributed by atoms with Gasteiger partial charge in [-0.15, -0.1) is 0 Å². The Morgan fingerprint density at radius 1 is 1.06 bits per heavy atom. The van der Waals surface area contributed by atoms with E-state index in [2.05, 4.69) is 23.3 Å². The van der Waals surface area contributed by atoms with Gasteiger partial charge in [-0.1, -0.05) is 42.0 Å². The van der Waals surface area contributed by atoms with Gasteiger partial charge < -0.3 is 25.4 Å². The lowest BCUT2D eigenvalue weighted by atomic mass is 9.96. The van der Waals surface area contributed by atoms with E-state index in [9.17, 15) is 19.5 Å². The lowest BCUT2D eigenvalue weighted by Crippen LogP contribution is -2.54. The van der Waals surface area contributed by atoms with E-state index in [1.165, 1.54) is 4.90 Å². The summed E-state index contributed by atoms with van der Waals surface area (Å²) >= 11 is 4.26. The highest BCUT2D eigenvalue weighted by Crippen LogP contribution is 2.28. The van der Waals surface area contributed by atoms with E-state index in [0.717, 1.165) is 16.7 Å². The van der Waals surface area contributed by atoms with Gasteiger partial charge in [0.25, 0.3) is 5.91 Å². The largest absolute Gasteiger partial charge is 0.444 e. The van der Waals surface area contributed by atoms with Crippen molar-refractivity contribution in [3.63, 3.8) is 0 Å². The molecule has 0 saturated carbocycles. The van der Waals surface area contributed by atoms with Gasteiger partial charge in [0.15, 0.2) is 0 Å². The van der Waals surface area contributed by atoms with Crippen LogP contribution in [0.2, 0.25) is 0 Å². The van der Waals surface area contributed by atoms with Crippen LogP contribution in [0.5, 0.6) is 0 Å². The van der Waals surface area contributed by atoms with E-state index >= 15 is 0 Å². The number of carbonyl (C=O) groups is 3. The maximum Gasteiger partial charge on any atom is 0.408 e. The zero-order valence-electron chi connectivity index (χ0n) is 21.8. The molecular weight excluding hydrogens is 478 g/mol. The summed E-state index contributed by atoms with van der Waals surface area (Å²) in [6.45, 7) is 10.3. The molecule has 2 rings (SSSR count). The van der Waals surface area contributed by atoms with E-state index in [1.54, 1.807) is 32.9 Å². The SMILES string of the molecule is Cc1ccc(C(C(=O)Nc2ccccc2C)N(CCO)C(=O)C(CS)NC(=O)OC(C)(C)C)c(C)c1. The molecule has 36 heavy (non-hydrogen) atoms. The first kappa shape index (κ1) is 29.2. The van der Waals surface area contributed by atoms with Crippen molar-refractivity contribution in [2.75, 3.05) is 24.2 Å². The number of ether oxygens (including phenoxy) is 1. The van der Waals surface area contributed by atoms with Gasteiger partial charge in [-0.3, -0.25) is 9.59 Å². The molecule has 0 fully saturated rings. The highest BCUT2D eigenvalue weighted by Gasteiger charge is 2.36. The molecule has 2 aromatic rings. The third-order valence-corrected chi connectivity index (χ3v) is 5.84. The van der Waals surface area contributed by atoms with Crippen LogP contribution in [0.15, 0.2) is 42.5 Å². The summed E-state index contributed by atoms with van der Waals surface area (Å²) in [5.74, 6) is -1.03. The lowest BCUT2D eigenvalue weighted by Gasteiger charge is -2.34. The van der Waals surface area contributed by atoms with E-state index < -0.39 is 35.6 Å². The Labute approximate surface area is 218 Å². The van der Waals surface area contributed by atoms with Gasteiger partial charge in [-0.25, -0.2) is 4.79 Å². The standard InChI is InChI=1S/C27H37N3O5S/c1-17-11-12-20(19(3)15-17)23(24(32)28-21-10-8-7-9-18(21)2)30(13-14-31)25(33)22(16-36)29-26(34)35-27(4,5)6/h7-12,15,22-23,31,36H,13-14,16H2,1-6H3,(H,28,32)(H,29,34). The van der Waals surface area contributed by atoms with Gasteiger partial charge in [0.1, 0.15) is 17.7 Å². The molecule has 0 saturated heterocycles. The van der Waals surface area contributed by atoms with Gasteiger partial charge in [0.05, 0.1) is 6.61 Å². The molecule has 0 aliphatic rings. The zero-order chi connectivity index (χ0) is 27.0. The smallest absolute Gasteiger partial charge is 0.408 e. The number of nitrogens with one attached hydrogen (secondary N) is 2. The number of aryl methyl sites for hydroxylation is 3. The number of para-hydroxylation sites is 1. The van der Waals surface area contributed by atoms with Crippen molar-refractivity contribution in [1.82, 2.24) is 10.2 Å². The predicted molar refractivity (Wildman–Crippen MR) is 144 cm³/mol. The molecule has 2 aromatic carbocycles. The number of hydrogen-bond donors (Lipinski definition) is 4. The second-order valence-electron chi connectivity index (χ2n) is 9.70.